The van der Waals surface area contributed by atoms with Crippen molar-refractivity contribution in [3.05, 3.63) is 60.7 Å². The van der Waals surface area contributed by atoms with Crippen molar-refractivity contribution in [1.82, 2.24) is 10.3 Å². The lowest BCUT2D eigenvalue weighted by Crippen LogP contribution is -2.20. The van der Waals surface area contributed by atoms with E-state index in [0.29, 0.717) is 5.88 Å². The molecule has 0 aliphatic carbocycles. The number of benzene rings is 2. The Bertz CT molecular complexity index is 780. The number of aromatic nitrogens is 1. The SMILES string of the molecule is c1ccc(-c2nc(OC3CCNC3)cc3ccccc23)cc1. The monoisotopic (exact) mass is 290 g/mol. The molecule has 2 aromatic carbocycles. The molecule has 0 radical (unpaired) electrons. The Kier molecular flexibility index (Phi) is 3.49. The average molecular weight is 290 g/mol. The largest absolute Gasteiger partial charge is 0.473 e. The van der Waals surface area contributed by atoms with Gasteiger partial charge in [-0.2, -0.15) is 0 Å². The van der Waals surface area contributed by atoms with Gasteiger partial charge in [0.25, 0.3) is 0 Å². The molecule has 1 unspecified atom stereocenters. The molecule has 1 saturated heterocycles. The molecule has 1 N–H and O–H groups in total. The summed E-state index contributed by atoms with van der Waals surface area (Å²) in [5, 5.41) is 5.65. The van der Waals surface area contributed by atoms with E-state index >= 15 is 0 Å². The third-order valence-corrected chi connectivity index (χ3v) is 4.07. The van der Waals surface area contributed by atoms with E-state index in [-0.39, 0.29) is 6.10 Å². The minimum atomic E-state index is 0.220. The second kappa shape index (κ2) is 5.78. The van der Waals surface area contributed by atoms with Crippen molar-refractivity contribution < 1.29 is 4.74 Å². The van der Waals surface area contributed by atoms with Crippen LogP contribution in [0.1, 0.15) is 6.42 Å². The van der Waals surface area contributed by atoms with Gasteiger partial charge in [0.05, 0.1) is 5.69 Å². The Morgan fingerprint density at radius 1 is 1.00 bits per heavy atom. The molecule has 0 amide bonds. The Hall–Kier alpha value is -2.39. The van der Waals surface area contributed by atoms with Crippen LogP contribution in [-0.2, 0) is 0 Å². The number of nitrogens with zero attached hydrogens (tertiary/aromatic N) is 1. The Morgan fingerprint density at radius 3 is 2.64 bits per heavy atom. The zero-order valence-corrected chi connectivity index (χ0v) is 12.3. The van der Waals surface area contributed by atoms with Gasteiger partial charge in [0, 0.05) is 23.6 Å². The van der Waals surface area contributed by atoms with Crippen LogP contribution < -0.4 is 10.1 Å². The van der Waals surface area contributed by atoms with Gasteiger partial charge in [-0.1, -0.05) is 54.6 Å². The summed E-state index contributed by atoms with van der Waals surface area (Å²) in [6.45, 7) is 1.92. The van der Waals surface area contributed by atoms with Gasteiger partial charge in [0.15, 0.2) is 0 Å². The summed E-state index contributed by atoms with van der Waals surface area (Å²) in [6, 6.07) is 20.7. The van der Waals surface area contributed by atoms with E-state index in [1.807, 2.05) is 24.3 Å². The second-order valence-electron chi connectivity index (χ2n) is 5.63. The van der Waals surface area contributed by atoms with E-state index in [1.54, 1.807) is 0 Å². The van der Waals surface area contributed by atoms with Gasteiger partial charge in [-0.05, 0) is 18.4 Å². The highest BCUT2D eigenvalue weighted by atomic mass is 16.5. The molecule has 0 spiro atoms. The van der Waals surface area contributed by atoms with E-state index < -0.39 is 0 Å². The zero-order valence-electron chi connectivity index (χ0n) is 12.3. The Morgan fingerprint density at radius 2 is 1.82 bits per heavy atom. The number of ether oxygens (including phenoxy) is 1. The summed E-state index contributed by atoms with van der Waals surface area (Å²) >= 11 is 0. The van der Waals surface area contributed by atoms with Crippen molar-refractivity contribution in [2.75, 3.05) is 13.1 Å². The highest BCUT2D eigenvalue weighted by molar-refractivity contribution is 5.95. The average Bonchev–Trinajstić information content (AvgIpc) is 3.08. The molecule has 3 nitrogen and oxygen atoms in total. The van der Waals surface area contributed by atoms with Crippen LogP contribution in [0, 0.1) is 0 Å². The number of pyridine rings is 1. The second-order valence-corrected chi connectivity index (χ2v) is 5.63. The lowest BCUT2D eigenvalue weighted by Gasteiger charge is -2.14. The Labute approximate surface area is 130 Å². The van der Waals surface area contributed by atoms with Crippen molar-refractivity contribution in [3.63, 3.8) is 0 Å². The van der Waals surface area contributed by atoms with E-state index in [0.717, 1.165) is 41.5 Å². The molecule has 0 saturated carbocycles. The predicted octanol–water partition coefficient (Wildman–Crippen LogP) is 3.64. The maximum atomic E-state index is 6.07. The maximum absolute atomic E-state index is 6.07. The quantitative estimate of drug-likeness (QED) is 0.799. The fourth-order valence-corrected chi connectivity index (χ4v) is 2.95. The molecule has 1 fully saturated rings. The van der Waals surface area contributed by atoms with Crippen LogP contribution in [0.3, 0.4) is 0 Å². The first-order valence-electron chi connectivity index (χ1n) is 7.73. The van der Waals surface area contributed by atoms with Gasteiger partial charge < -0.3 is 10.1 Å². The first kappa shape index (κ1) is 13.3. The minimum absolute atomic E-state index is 0.220. The van der Waals surface area contributed by atoms with Crippen LogP contribution in [0.15, 0.2) is 60.7 Å². The molecule has 1 atom stereocenters. The fraction of sp³-hybridized carbons (Fsp3) is 0.211. The molecule has 22 heavy (non-hydrogen) atoms. The van der Waals surface area contributed by atoms with Gasteiger partial charge in [-0.15, -0.1) is 0 Å². The van der Waals surface area contributed by atoms with Crippen LogP contribution in [0.2, 0.25) is 0 Å². The fourth-order valence-electron chi connectivity index (χ4n) is 2.95. The summed E-state index contributed by atoms with van der Waals surface area (Å²) < 4.78 is 6.07. The lowest BCUT2D eigenvalue weighted by molar-refractivity contribution is 0.214. The standard InChI is InChI=1S/C19H18N2O/c1-2-6-14(7-3-1)19-17-9-5-4-8-15(17)12-18(21-19)22-16-10-11-20-13-16/h1-9,12,16,20H,10-11,13H2. The summed E-state index contributed by atoms with van der Waals surface area (Å²) in [5.74, 6) is 0.714. The molecular weight excluding hydrogens is 272 g/mol. The third-order valence-electron chi connectivity index (χ3n) is 4.07. The van der Waals surface area contributed by atoms with Gasteiger partial charge in [0.1, 0.15) is 6.10 Å². The van der Waals surface area contributed by atoms with E-state index in [1.165, 1.54) is 0 Å². The van der Waals surface area contributed by atoms with Crippen molar-refractivity contribution in [3.8, 4) is 17.1 Å². The summed E-state index contributed by atoms with van der Waals surface area (Å²) in [4.78, 5) is 4.78. The minimum Gasteiger partial charge on any atom is -0.473 e. The molecule has 3 heteroatoms. The van der Waals surface area contributed by atoms with Crippen molar-refractivity contribution in [2.45, 2.75) is 12.5 Å². The molecule has 1 aliphatic rings. The molecule has 110 valence electrons. The molecule has 2 heterocycles. The number of rotatable bonds is 3. The van der Waals surface area contributed by atoms with Crippen LogP contribution >= 0.6 is 0 Å². The molecule has 3 aromatic rings. The lowest BCUT2D eigenvalue weighted by atomic mass is 10.0. The van der Waals surface area contributed by atoms with Crippen LogP contribution in [-0.4, -0.2) is 24.2 Å². The van der Waals surface area contributed by atoms with Gasteiger partial charge >= 0.3 is 0 Å². The van der Waals surface area contributed by atoms with E-state index in [4.69, 9.17) is 9.72 Å². The van der Waals surface area contributed by atoms with Crippen molar-refractivity contribution >= 4 is 10.8 Å². The third kappa shape index (κ3) is 2.55. The Balaban J connectivity index is 1.82. The number of fused-ring (bicyclic) bond motifs is 1. The maximum Gasteiger partial charge on any atom is 0.214 e. The molecular formula is C19H18N2O. The summed E-state index contributed by atoms with van der Waals surface area (Å²) in [7, 11) is 0. The van der Waals surface area contributed by atoms with Crippen LogP contribution in [0.25, 0.3) is 22.0 Å². The molecule has 1 aromatic heterocycles. The van der Waals surface area contributed by atoms with Crippen LogP contribution in [0.4, 0.5) is 0 Å². The molecule has 0 bridgehead atoms. The summed E-state index contributed by atoms with van der Waals surface area (Å²) in [5.41, 5.74) is 2.10. The molecule has 1 aliphatic heterocycles. The first-order valence-corrected chi connectivity index (χ1v) is 7.73. The van der Waals surface area contributed by atoms with Gasteiger partial charge in [0.2, 0.25) is 5.88 Å². The summed E-state index contributed by atoms with van der Waals surface area (Å²) in [6.07, 6.45) is 1.26. The highest BCUT2D eigenvalue weighted by Crippen LogP contribution is 2.30. The van der Waals surface area contributed by atoms with Gasteiger partial charge in [-0.3, -0.25) is 0 Å². The smallest absolute Gasteiger partial charge is 0.214 e. The van der Waals surface area contributed by atoms with E-state index in [2.05, 4.69) is 41.7 Å². The van der Waals surface area contributed by atoms with Crippen LogP contribution in [0.5, 0.6) is 5.88 Å². The van der Waals surface area contributed by atoms with Crippen molar-refractivity contribution in [1.29, 1.82) is 0 Å². The first-order chi connectivity index (χ1) is 10.9. The predicted molar refractivity (Wildman–Crippen MR) is 89.1 cm³/mol. The van der Waals surface area contributed by atoms with E-state index in [9.17, 15) is 0 Å². The zero-order chi connectivity index (χ0) is 14.8. The normalized spacial score (nSPS) is 17.7. The number of hydrogen-bond acceptors (Lipinski definition) is 3. The number of nitrogens with one attached hydrogen (secondary N) is 1. The van der Waals surface area contributed by atoms with Gasteiger partial charge in [-0.25, -0.2) is 4.98 Å². The topological polar surface area (TPSA) is 34.1 Å². The van der Waals surface area contributed by atoms with Crippen molar-refractivity contribution in [2.24, 2.45) is 0 Å². The molecule has 4 rings (SSSR count). The highest BCUT2D eigenvalue weighted by Gasteiger charge is 2.17. The number of hydrogen-bond donors (Lipinski definition) is 1.